The highest BCUT2D eigenvalue weighted by molar-refractivity contribution is 6.15. The number of carbonyl (C=O) groups is 1. The molecule has 5 rings (SSSR count). The maximum absolute atomic E-state index is 13.3. The SMILES string of the molecule is Cc1nnc2n1-c1ccccc1C(C1=CC=CCC1)=NC2NC(=O)c1ccc(C(C)(C)C)cc1. The van der Waals surface area contributed by atoms with Crippen LogP contribution >= 0.6 is 0 Å². The molecule has 1 atom stereocenters. The van der Waals surface area contributed by atoms with Gasteiger partial charge in [-0.15, -0.1) is 10.2 Å². The van der Waals surface area contributed by atoms with Gasteiger partial charge in [0, 0.05) is 11.1 Å². The molecule has 2 heterocycles. The lowest BCUT2D eigenvalue weighted by Crippen LogP contribution is -2.29. The Kier molecular flexibility index (Phi) is 5.52. The second-order valence-corrected chi connectivity index (χ2v) is 9.80. The zero-order valence-electron chi connectivity index (χ0n) is 20.0. The zero-order valence-corrected chi connectivity index (χ0v) is 20.0. The highest BCUT2D eigenvalue weighted by atomic mass is 16.1. The molecule has 0 bridgehead atoms. The van der Waals surface area contributed by atoms with Crippen LogP contribution in [-0.2, 0) is 5.41 Å². The maximum Gasteiger partial charge on any atom is 0.253 e. The van der Waals surface area contributed by atoms with Gasteiger partial charge < -0.3 is 5.32 Å². The van der Waals surface area contributed by atoms with Gasteiger partial charge in [-0.25, -0.2) is 0 Å². The van der Waals surface area contributed by atoms with Gasteiger partial charge in [0.2, 0.25) is 0 Å². The lowest BCUT2D eigenvalue weighted by molar-refractivity contribution is 0.0936. The Labute approximate surface area is 200 Å². The van der Waals surface area contributed by atoms with Gasteiger partial charge in [0.05, 0.1) is 11.4 Å². The Hall–Kier alpha value is -3.80. The van der Waals surface area contributed by atoms with Crippen LogP contribution in [0.1, 0.15) is 72.9 Å². The number of para-hydroxylation sites is 1. The topological polar surface area (TPSA) is 72.2 Å². The number of nitrogens with one attached hydrogen (secondary N) is 1. The first kappa shape index (κ1) is 22.0. The van der Waals surface area contributed by atoms with E-state index in [0.29, 0.717) is 11.4 Å². The summed E-state index contributed by atoms with van der Waals surface area (Å²) in [5.74, 6) is 1.17. The molecule has 1 aliphatic carbocycles. The van der Waals surface area contributed by atoms with Crippen molar-refractivity contribution in [3.63, 3.8) is 0 Å². The standard InChI is InChI=1S/C28H29N5O/c1-18-31-32-26-25(30-27(34)20-14-16-21(17-15-20)28(2,3)4)29-24(19-10-6-5-7-11-19)22-12-8-9-13-23(22)33(18)26/h5-6,8-10,12-17,25H,7,11H2,1-4H3,(H,30,34). The van der Waals surface area contributed by atoms with E-state index < -0.39 is 6.17 Å². The Bertz CT molecular complexity index is 1340. The number of benzene rings is 2. The smallest absolute Gasteiger partial charge is 0.253 e. The first-order valence-electron chi connectivity index (χ1n) is 11.7. The number of nitrogens with zero attached hydrogens (tertiary/aromatic N) is 4. The summed E-state index contributed by atoms with van der Waals surface area (Å²) in [6.07, 6.45) is 7.55. The minimum Gasteiger partial charge on any atom is -0.324 e. The van der Waals surface area contributed by atoms with E-state index in [0.717, 1.165) is 41.2 Å². The van der Waals surface area contributed by atoms with E-state index in [9.17, 15) is 4.79 Å². The molecule has 1 aromatic heterocycles. The molecule has 2 aliphatic rings. The van der Waals surface area contributed by atoms with Crippen LogP contribution in [0.15, 0.2) is 77.3 Å². The van der Waals surface area contributed by atoms with Gasteiger partial charge in [-0.1, -0.05) is 69.3 Å². The van der Waals surface area contributed by atoms with Crippen LogP contribution in [0.5, 0.6) is 0 Å². The third kappa shape index (κ3) is 4.00. The number of carbonyl (C=O) groups excluding carboxylic acids is 1. The average molecular weight is 452 g/mol. The lowest BCUT2D eigenvalue weighted by atomic mass is 9.87. The number of aromatic nitrogens is 3. The summed E-state index contributed by atoms with van der Waals surface area (Å²) in [5, 5.41) is 11.9. The quantitative estimate of drug-likeness (QED) is 0.581. The number of amides is 1. The summed E-state index contributed by atoms with van der Waals surface area (Å²) >= 11 is 0. The summed E-state index contributed by atoms with van der Waals surface area (Å²) in [6.45, 7) is 8.40. The van der Waals surface area contributed by atoms with Crippen molar-refractivity contribution in [3.05, 3.63) is 101 Å². The second-order valence-electron chi connectivity index (χ2n) is 9.80. The second kappa shape index (κ2) is 8.52. The van der Waals surface area contributed by atoms with Crippen molar-refractivity contribution in [1.29, 1.82) is 0 Å². The molecule has 0 fully saturated rings. The van der Waals surface area contributed by atoms with Crippen molar-refractivity contribution in [3.8, 4) is 5.69 Å². The van der Waals surface area contributed by atoms with E-state index in [1.807, 2.05) is 47.9 Å². The van der Waals surface area contributed by atoms with Crippen LogP contribution in [0, 0.1) is 6.92 Å². The lowest BCUT2D eigenvalue weighted by Gasteiger charge is -2.19. The highest BCUT2D eigenvalue weighted by Crippen LogP contribution is 2.31. The Morgan fingerprint density at radius 3 is 2.53 bits per heavy atom. The Morgan fingerprint density at radius 2 is 1.82 bits per heavy atom. The van der Waals surface area contributed by atoms with Crippen LogP contribution in [0.2, 0.25) is 0 Å². The zero-order chi connectivity index (χ0) is 23.9. The molecule has 6 heteroatoms. The number of aryl methyl sites for hydroxylation is 1. The predicted molar refractivity (Wildman–Crippen MR) is 134 cm³/mol. The van der Waals surface area contributed by atoms with Crippen molar-refractivity contribution in [2.75, 3.05) is 0 Å². The fourth-order valence-corrected chi connectivity index (χ4v) is 4.46. The maximum atomic E-state index is 13.3. The molecule has 0 radical (unpaired) electrons. The van der Waals surface area contributed by atoms with Gasteiger partial charge in [0.1, 0.15) is 5.82 Å². The van der Waals surface area contributed by atoms with Gasteiger partial charge in [-0.2, -0.15) is 0 Å². The van der Waals surface area contributed by atoms with Crippen molar-refractivity contribution in [1.82, 2.24) is 20.1 Å². The van der Waals surface area contributed by atoms with E-state index in [4.69, 9.17) is 4.99 Å². The summed E-state index contributed by atoms with van der Waals surface area (Å²) in [4.78, 5) is 18.4. The molecular weight excluding hydrogens is 422 g/mol. The van der Waals surface area contributed by atoms with Crippen LogP contribution in [0.4, 0.5) is 0 Å². The Balaban J connectivity index is 1.57. The number of rotatable bonds is 3. The molecule has 0 saturated heterocycles. The van der Waals surface area contributed by atoms with E-state index in [1.165, 1.54) is 5.56 Å². The monoisotopic (exact) mass is 451 g/mol. The number of fused-ring (bicyclic) bond motifs is 3. The minimum atomic E-state index is -0.662. The molecule has 6 nitrogen and oxygen atoms in total. The van der Waals surface area contributed by atoms with Crippen LogP contribution in [-0.4, -0.2) is 26.4 Å². The predicted octanol–water partition coefficient (Wildman–Crippen LogP) is 5.38. The van der Waals surface area contributed by atoms with Gasteiger partial charge in [-0.05, 0) is 54.5 Å². The summed E-state index contributed by atoms with van der Waals surface area (Å²) in [7, 11) is 0. The normalized spacial score (nSPS) is 17.2. The van der Waals surface area contributed by atoms with Gasteiger partial charge in [-0.3, -0.25) is 14.4 Å². The molecule has 1 unspecified atom stereocenters. The third-order valence-electron chi connectivity index (χ3n) is 6.35. The molecule has 0 spiro atoms. The molecule has 3 aromatic rings. The average Bonchev–Trinajstić information content (AvgIpc) is 3.16. The fourth-order valence-electron chi connectivity index (χ4n) is 4.46. The van der Waals surface area contributed by atoms with Crippen molar-refractivity contribution < 1.29 is 4.79 Å². The molecule has 34 heavy (non-hydrogen) atoms. The molecule has 172 valence electrons. The van der Waals surface area contributed by atoms with Crippen molar-refractivity contribution >= 4 is 11.6 Å². The highest BCUT2D eigenvalue weighted by Gasteiger charge is 2.30. The third-order valence-corrected chi connectivity index (χ3v) is 6.35. The minimum absolute atomic E-state index is 0.0252. The fraction of sp³-hybridized carbons (Fsp3) is 0.286. The Morgan fingerprint density at radius 1 is 1.06 bits per heavy atom. The largest absolute Gasteiger partial charge is 0.324 e. The van der Waals surface area contributed by atoms with Crippen molar-refractivity contribution in [2.45, 2.75) is 52.1 Å². The van der Waals surface area contributed by atoms with Crippen LogP contribution < -0.4 is 5.32 Å². The van der Waals surface area contributed by atoms with E-state index >= 15 is 0 Å². The molecule has 1 amide bonds. The molecular formula is C28H29N5O. The van der Waals surface area contributed by atoms with Gasteiger partial charge in [0.25, 0.3) is 5.91 Å². The first-order valence-corrected chi connectivity index (χ1v) is 11.7. The number of hydrogen-bond donors (Lipinski definition) is 1. The number of hydrogen-bond acceptors (Lipinski definition) is 4. The van der Waals surface area contributed by atoms with Gasteiger partial charge in [0.15, 0.2) is 12.0 Å². The van der Waals surface area contributed by atoms with E-state index in [1.54, 1.807) is 0 Å². The first-order chi connectivity index (χ1) is 16.3. The van der Waals surface area contributed by atoms with E-state index in [-0.39, 0.29) is 11.3 Å². The van der Waals surface area contributed by atoms with Crippen LogP contribution in [0.3, 0.4) is 0 Å². The molecule has 1 N–H and O–H groups in total. The van der Waals surface area contributed by atoms with Crippen LogP contribution in [0.25, 0.3) is 5.69 Å². The number of allylic oxidation sites excluding steroid dienone is 4. The van der Waals surface area contributed by atoms with E-state index in [2.05, 4.69) is 66.6 Å². The van der Waals surface area contributed by atoms with Gasteiger partial charge >= 0.3 is 0 Å². The summed E-state index contributed by atoms with van der Waals surface area (Å²) in [5.41, 5.74) is 5.83. The van der Waals surface area contributed by atoms with Crippen molar-refractivity contribution in [2.24, 2.45) is 4.99 Å². The summed E-state index contributed by atoms with van der Waals surface area (Å²) < 4.78 is 2.00. The summed E-state index contributed by atoms with van der Waals surface area (Å²) in [6, 6.07) is 15.9. The molecule has 2 aromatic carbocycles. The molecule has 1 aliphatic heterocycles. The number of aliphatic imine (C=N–C) groups is 1. The molecule has 0 saturated carbocycles.